The van der Waals surface area contributed by atoms with Crippen molar-refractivity contribution in [2.75, 3.05) is 32.7 Å². The molecule has 116 valence electrons. The van der Waals surface area contributed by atoms with E-state index in [1.807, 2.05) is 0 Å². The van der Waals surface area contributed by atoms with E-state index in [4.69, 9.17) is 5.11 Å². The first-order chi connectivity index (χ1) is 9.68. The molecule has 0 aromatic carbocycles. The van der Waals surface area contributed by atoms with E-state index in [0.717, 1.165) is 25.8 Å². The third-order valence-electron chi connectivity index (χ3n) is 3.49. The van der Waals surface area contributed by atoms with Gasteiger partial charge in [-0.2, -0.15) is 0 Å². The average Bonchev–Trinajstić information content (AvgIpc) is 2.91. The molecular weight excluding hydrogens is 258 g/mol. The third-order valence-corrected chi connectivity index (χ3v) is 3.49. The molecule has 1 saturated heterocycles. The molecule has 0 unspecified atom stereocenters. The summed E-state index contributed by atoms with van der Waals surface area (Å²) in [5.74, 6) is -0.756. The Balaban J connectivity index is 1.83. The lowest BCUT2D eigenvalue weighted by atomic mass is 10.2. The molecule has 1 aliphatic rings. The van der Waals surface area contributed by atoms with Crippen molar-refractivity contribution in [1.29, 1.82) is 0 Å². The minimum absolute atomic E-state index is 0.121. The van der Waals surface area contributed by atoms with Crippen LogP contribution in [0.5, 0.6) is 0 Å². The molecule has 6 heteroatoms. The van der Waals surface area contributed by atoms with Crippen LogP contribution < -0.4 is 10.6 Å². The lowest BCUT2D eigenvalue weighted by Crippen LogP contribution is -2.37. The van der Waals surface area contributed by atoms with Crippen LogP contribution in [0.15, 0.2) is 0 Å². The van der Waals surface area contributed by atoms with Crippen LogP contribution in [0.4, 0.5) is 4.79 Å². The second-order valence-electron chi connectivity index (χ2n) is 5.29. The second kappa shape index (κ2) is 10.5. The molecule has 1 aliphatic heterocycles. The van der Waals surface area contributed by atoms with Gasteiger partial charge in [0.25, 0.3) is 0 Å². The lowest BCUT2D eigenvalue weighted by Gasteiger charge is -2.14. The Morgan fingerprint density at radius 1 is 0.950 bits per heavy atom. The summed E-state index contributed by atoms with van der Waals surface area (Å²) in [6.07, 6.45) is 6.14. The van der Waals surface area contributed by atoms with Gasteiger partial charge in [0, 0.05) is 19.5 Å². The van der Waals surface area contributed by atoms with Crippen molar-refractivity contribution in [2.45, 2.75) is 44.9 Å². The highest BCUT2D eigenvalue weighted by molar-refractivity contribution is 5.73. The summed E-state index contributed by atoms with van der Waals surface area (Å²) in [5.41, 5.74) is 0. The van der Waals surface area contributed by atoms with E-state index >= 15 is 0 Å². The SMILES string of the molecule is O=C(O)CCCCCNC(=O)NCCCN1CCCC1. The van der Waals surface area contributed by atoms with Gasteiger partial charge in [0.2, 0.25) is 0 Å². The summed E-state index contributed by atoms with van der Waals surface area (Å²) in [6, 6.07) is -0.121. The highest BCUT2D eigenvalue weighted by atomic mass is 16.4. The maximum Gasteiger partial charge on any atom is 0.314 e. The van der Waals surface area contributed by atoms with Gasteiger partial charge >= 0.3 is 12.0 Å². The summed E-state index contributed by atoms with van der Waals surface area (Å²) in [7, 11) is 0. The lowest BCUT2D eigenvalue weighted by molar-refractivity contribution is -0.137. The number of amides is 2. The smallest absolute Gasteiger partial charge is 0.314 e. The molecule has 3 N–H and O–H groups in total. The maximum atomic E-state index is 11.5. The standard InChI is InChI=1S/C14H27N3O3/c18-13(19)7-2-1-3-8-15-14(20)16-9-6-12-17-10-4-5-11-17/h1-12H2,(H,18,19)(H2,15,16,20). The Morgan fingerprint density at radius 3 is 2.25 bits per heavy atom. The molecule has 2 amide bonds. The third kappa shape index (κ3) is 8.74. The topological polar surface area (TPSA) is 81.7 Å². The molecule has 0 aliphatic carbocycles. The van der Waals surface area contributed by atoms with Crippen molar-refractivity contribution < 1.29 is 14.7 Å². The van der Waals surface area contributed by atoms with Crippen LogP contribution in [0.2, 0.25) is 0 Å². The number of aliphatic carboxylic acids is 1. The van der Waals surface area contributed by atoms with Gasteiger partial charge in [0.1, 0.15) is 0 Å². The van der Waals surface area contributed by atoms with Gasteiger partial charge in [-0.15, -0.1) is 0 Å². The van der Waals surface area contributed by atoms with E-state index in [2.05, 4.69) is 15.5 Å². The number of likely N-dealkylation sites (tertiary alicyclic amines) is 1. The van der Waals surface area contributed by atoms with Gasteiger partial charge in [-0.05, 0) is 51.7 Å². The monoisotopic (exact) mass is 285 g/mol. The van der Waals surface area contributed by atoms with Crippen LogP contribution in [0, 0.1) is 0 Å². The molecule has 0 saturated carbocycles. The zero-order valence-corrected chi connectivity index (χ0v) is 12.2. The van der Waals surface area contributed by atoms with E-state index in [1.54, 1.807) is 0 Å². The minimum Gasteiger partial charge on any atom is -0.481 e. The van der Waals surface area contributed by atoms with Crippen LogP contribution in [0.3, 0.4) is 0 Å². The van der Waals surface area contributed by atoms with Crippen molar-refractivity contribution in [2.24, 2.45) is 0 Å². The van der Waals surface area contributed by atoms with Crippen molar-refractivity contribution in [1.82, 2.24) is 15.5 Å². The highest BCUT2D eigenvalue weighted by Crippen LogP contribution is 2.06. The average molecular weight is 285 g/mol. The fourth-order valence-electron chi connectivity index (χ4n) is 2.35. The van der Waals surface area contributed by atoms with Crippen LogP contribution in [-0.2, 0) is 4.79 Å². The fraction of sp³-hybridized carbons (Fsp3) is 0.857. The first-order valence-corrected chi connectivity index (χ1v) is 7.64. The summed E-state index contributed by atoms with van der Waals surface area (Å²) >= 11 is 0. The minimum atomic E-state index is -0.756. The largest absolute Gasteiger partial charge is 0.481 e. The van der Waals surface area contributed by atoms with Crippen molar-refractivity contribution in [3.8, 4) is 0 Å². The first-order valence-electron chi connectivity index (χ1n) is 7.64. The van der Waals surface area contributed by atoms with E-state index in [0.29, 0.717) is 19.5 Å². The maximum absolute atomic E-state index is 11.5. The van der Waals surface area contributed by atoms with Crippen molar-refractivity contribution in [3.05, 3.63) is 0 Å². The first kappa shape index (κ1) is 16.8. The van der Waals surface area contributed by atoms with Gasteiger partial charge in [0.15, 0.2) is 0 Å². The number of carboxylic acids is 1. The quantitative estimate of drug-likeness (QED) is 0.530. The Kier molecular flexibility index (Phi) is 8.78. The molecule has 0 aromatic rings. The van der Waals surface area contributed by atoms with Crippen LogP contribution in [-0.4, -0.2) is 54.7 Å². The van der Waals surface area contributed by atoms with E-state index < -0.39 is 5.97 Å². The Labute approximate surface area is 120 Å². The number of carboxylic acid groups (broad SMARTS) is 1. The molecule has 1 heterocycles. The molecule has 0 atom stereocenters. The van der Waals surface area contributed by atoms with Crippen LogP contribution in [0.1, 0.15) is 44.9 Å². The van der Waals surface area contributed by atoms with Gasteiger partial charge in [-0.25, -0.2) is 4.79 Å². The molecular formula is C14H27N3O3. The molecule has 1 rings (SSSR count). The van der Waals surface area contributed by atoms with E-state index in [-0.39, 0.29) is 12.5 Å². The number of nitrogens with one attached hydrogen (secondary N) is 2. The van der Waals surface area contributed by atoms with Gasteiger partial charge < -0.3 is 20.6 Å². The predicted octanol–water partition coefficient (Wildman–Crippen LogP) is 1.42. The molecule has 20 heavy (non-hydrogen) atoms. The summed E-state index contributed by atoms with van der Waals surface area (Å²) in [5, 5.41) is 14.1. The number of carbonyl (C=O) groups is 2. The number of hydrogen-bond donors (Lipinski definition) is 3. The Hall–Kier alpha value is -1.30. The number of nitrogens with zero attached hydrogens (tertiary/aromatic N) is 1. The molecule has 6 nitrogen and oxygen atoms in total. The zero-order chi connectivity index (χ0) is 14.6. The summed E-state index contributed by atoms with van der Waals surface area (Å²) in [6.45, 7) is 4.78. The van der Waals surface area contributed by atoms with E-state index in [1.165, 1.54) is 25.9 Å². The van der Waals surface area contributed by atoms with Gasteiger partial charge in [0.05, 0.1) is 0 Å². The van der Waals surface area contributed by atoms with Crippen LogP contribution in [0.25, 0.3) is 0 Å². The fourth-order valence-corrected chi connectivity index (χ4v) is 2.35. The Morgan fingerprint density at radius 2 is 1.60 bits per heavy atom. The zero-order valence-electron chi connectivity index (χ0n) is 12.2. The van der Waals surface area contributed by atoms with Crippen LogP contribution >= 0.6 is 0 Å². The van der Waals surface area contributed by atoms with Gasteiger partial charge in [-0.3, -0.25) is 4.79 Å². The number of unbranched alkanes of at least 4 members (excludes halogenated alkanes) is 2. The number of carbonyl (C=O) groups excluding carboxylic acids is 1. The number of hydrogen-bond acceptors (Lipinski definition) is 3. The summed E-state index contributed by atoms with van der Waals surface area (Å²) < 4.78 is 0. The second-order valence-corrected chi connectivity index (χ2v) is 5.29. The molecule has 1 fully saturated rings. The van der Waals surface area contributed by atoms with E-state index in [9.17, 15) is 9.59 Å². The molecule has 0 aromatic heterocycles. The number of urea groups is 1. The molecule has 0 bridgehead atoms. The Bertz CT molecular complexity index is 291. The molecule has 0 radical (unpaired) electrons. The summed E-state index contributed by atoms with van der Waals surface area (Å²) in [4.78, 5) is 24.2. The highest BCUT2D eigenvalue weighted by Gasteiger charge is 2.10. The normalized spacial score (nSPS) is 15.2. The number of rotatable bonds is 10. The van der Waals surface area contributed by atoms with Gasteiger partial charge in [-0.1, -0.05) is 6.42 Å². The molecule has 0 spiro atoms. The van der Waals surface area contributed by atoms with Crippen molar-refractivity contribution >= 4 is 12.0 Å². The predicted molar refractivity (Wildman–Crippen MR) is 77.8 cm³/mol. The van der Waals surface area contributed by atoms with Crippen molar-refractivity contribution in [3.63, 3.8) is 0 Å².